The average Bonchev–Trinajstić information content (AvgIpc) is 3.61. The summed E-state index contributed by atoms with van der Waals surface area (Å²) in [6.45, 7) is 0.0699. The minimum atomic E-state index is -2.78. The highest BCUT2D eigenvalue weighted by atomic mass is 32.1. The summed E-state index contributed by atoms with van der Waals surface area (Å²) < 4.78 is 2.66. The molecule has 4 heterocycles. The van der Waals surface area contributed by atoms with Gasteiger partial charge in [0.2, 0.25) is 0 Å². The third kappa shape index (κ3) is 3.78. The fourth-order valence-corrected chi connectivity index (χ4v) is 16.3. The molecule has 5 heteroatoms. The van der Waals surface area contributed by atoms with Crippen LogP contribution in [0.15, 0.2) is 188 Å². The predicted octanol–water partition coefficient (Wildman–Crippen LogP) is 7.83. The fraction of sp³-hybridized carbons (Fsp3) is 0. The van der Waals surface area contributed by atoms with Crippen LogP contribution < -0.4 is 46.9 Å². The van der Waals surface area contributed by atoms with Gasteiger partial charge in [0.05, 0.1) is 10.4 Å². The van der Waals surface area contributed by atoms with Crippen molar-refractivity contribution in [3.8, 4) is 0 Å². The van der Waals surface area contributed by atoms with Crippen molar-refractivity contribution in [2.75, 3.05) is 9.80 Å². The van der Waals surface area contributed by atoms with Crippen molar-refractivity contribution in [2.24, 2.45) is 0 Å². The van der Waals surface area contributed by atoms with Crippen LogP contribution in [-0.4, -0.2) is 14.8 Å². The summed E-state index contributed by atoms with van der Waals surface area (Å²) in [4.78, 5) is 5.22. The van der Waals surface area contributed by atoms with Gasteiger partial charge in [-0.15, -0.1) is 11.3 Å². The second kappa shape index (κ2) is 10.9. The Hall–Kier alpha value is -6.14. The molecule has 0 aliphatic carbocycles. The molecule has 0 saturated carbocycles. The first-order valence-corrected chi connectivity index (χ1v) is 21.2. The average molecular weight is 707 g/mol. The summed E-state index contributed by atoms with van der Waals surface area (Å²) in [6.07, 6.45) is 0. The maximum atomic E-state index is 2.66. The van der Waals surface area contributed by atoms with Crippen LogP contribution in [0.2, 0.25) is 0 Å². The van der Waals surface area contributed by atoms with E-state index in [0.717, 1.165) is 0 Å². The van der Waals surface area contributed by atoms with Crippen molar-refractivity contribution >= 4 is 118 Å². The summed E-state index contributed by atoms with van der Waals surface area (Å²) in [5, 5.41) is 8.35. The Balaban J connectivity index is 1.29. The molecule has 0 amide bonds. The molecule has 0 radical (unpaired) electrons. The lowest BCUT2D eigenvalue weighted by Gasteiger charge is -2.50. The van der Waals surface area contributed by atoms with E-state index in [0.29, 0.717) is 0 Å². The number of fused-ring (bicyclic) bond motifs is 10. The Morgan fingerprint density at radius 3 is 1.81 bits per heavy atom. The van der Waals surface area contributed by atoms with Crippen molar-refractivity contribution in [1.29, 1.82) is 0 Å². The molecule has 2 nitrogen and oxygen atoms in total. The number of para-hydroxylation sites is 4. The first-order chi connectivity index (χ1) is 26.3. The second-order valence-electron chi connectivity index (χ2n) is 14.4. The topological polar surface area (TPSA) is 6.48 Å². The van der Waals surface area contributed by atoms with Crippen LogP contribution in [0.5, 0.6) is 0 Å². The van der Waals surface area contributed by atoms with Crippen LogP contribution in [0.25, 0.3) is 20.2 Å². The zero-order chi connectivity index (χ0) is 34.7. The zero-order valence-corrected chi connectivity index (χ0v) is 30.6. The van der Waals surface area contributed by atoms with Gasteiger partial charge in [0.15, 0.2) is 8.07 Å². The lowest BCUT2D eigenvalue weighted by molar-refractivity contribution is 1.27. The number of rotatable bonds is 3. The highest BCUT2D eigenvalue weighted by molar-refractivity contribution is 7.27. The summed E-state index contributed by atoms with van der Waals surface area (Å²) in [7, 11) is -2.78. The number of benzene rings is 8. The van der Waals surface area contributed by atoms with Crippen LogP contribution in [0, 0.1) is 0 Å². The van der Waals surface area contributed by atoms with Crippen molar-refractivity contribution < 1.29 is 0 Å². The first-order valence-electron chi connectivity index (χ1n) is 18.4. The Morgan fingerprint density at radius 2 is 1.04 bits per heavy atom. The number of nitrogens with zero attached hydrogens (tertiary/aromatic N) is 2. The number of anilines is 6. The standard InChI is InChI=1S/C48H31BN2SSi/c1-4-17-32(18-5-1)50-39-26-12-11-24-37(39)49-38-25-16-30-44-46(38)51(41-31-36-35-23-10-14-28-42(35)52-48(36)47(50)45(41)49)40-27-13-15-29-43(40)53(44,33-19-6-2-7-20-33)34-21-8-3-9-22-34/h1-31H. The van der Waals surface area contributed by atoms with Gasteiger partial charge in [-0.05, 0) is 73.5 Å². The number of hydrogen-bond acceptors (Lipinski definition) is 3. The third-order valence-corrected chi connectivity index (χ3v) is 17.9. The van der Waals surface area contributed by atoms with Gasteiger partial charge >= 0.3 is 0 Å². The van der Waals surface area contributed by atoms with Gasteiger partial charge in [0.1, 0.15) is 0 Å². The van der Waals surface area contributed by atoms with Gasteiger partial charge in [0.25, 0.3) is 6.71 Å². The van der Waals surface area contributed by atoms with E-state index in [2.05, 4.69) is 198 Å². The van der Waals surface area contributed by atoms with E-state index in [1.165, 1.54) is 91.4 Å². The molecule has 0 N–H and O–H groups in total. The lowest BCUT2D eigenvalue weighted by atomic mass is 9.33. The molecule has 12 rings (SSSR count). The molecule has 9 aromatic rings. The van der Waals surface area contributed by atoms with Crippen molar-refractivity contribution in [2.45, 2.75) is 0 Å². The molecule has 53 heavy (non-hydrogen) atoms. The van der Waals surface area contributed by atoms with Crippen molar-refractivity contribution in [3.63, 3.8) is 0 Å². The van der Waals surface area contributed by atoms with Crippen LogP contribution in [0.3, 0.4) is 0 Å². The largest absolute Gasteiger partial charge is 0.312 e. The van der Waals surface area contributed by atoms with Crippen LogP contribution >= 0.6 is 11.3 Å². The molecule has 0 fully saturated rings. The highest BCUT2D eigenvalue weighted by Gasteiger charge is 2.53. The minimum Gasteiger partial charge on any atom is -0.312 e. The van der Waals surface area contributed by atoms with Crippen molar-refractivity contribution in [1.82, 2.24) is 0 Å². The third-order valence-electron chi connectivity index (χ3n) is 11.9. The molecular formula is C48H31BN2SSi. The summed E-state index contributed by atoms with van der Waals surface area (Å²) >= 11 is 1.93. The van der Waals surface area contributed by atoms with Gasteiger partial charge in [0, 0.05) is 43.9 Å². The quantitative estimate of drug-likeness (QED) is 0.173. The molecule has 0 saturated heterocycles. The van der Waals surface area contributed by atoms with Gasteiger partial charge in [-0.2, -0.15) is 0 Å². The van der Waals surface area contributed by atoms with E-state index in [9.17, 15) is 0 Å². The smallest absolute Gasteiger partial charge is 0.252 e. The highest BCUT2D eigenvalue weighted by Crippen LogP contribution is 2.51. The van der Waals surface area contributed by atoms with Crippen molar-refractivity contribution in [3.05, 3.63) is 188 Å². The van der Waals surface area contributed by atoms with Crippen LogP contribution in [0.4, 0.5) is 34.1 Å². The molecule has 1 aromatic heterocycles. The summed E-state index contributed by atoms with van der Waals surface area (Å²) in [6, 6.07) is 71.0. The first kappa shape index (κ1) is 29.4. The van der Waals surface area contributed by atoms with E-state index in [-0.39, 0.29) is 6.71 Å². The lowest BCUT2D eigenvalue weighted by Crippen LogP contribution is -2.79. The fourth-order valence-electron chi connectivity index (χ4n) is 9.93. The van der Waals surface area contributed by atoms with Gasteiger partial charge in [-0.3, -0.25) is 0 Å². The second-order valence-corrected chi connectivity index (χ2v) is 19.2. The molecule has 246 valence electrons. The molecule has 3 aliphatic rings. The SMILES string of the molecule is c1ccc(N2c3ccccc3B3c4cccc5c4N(c4ccccc4[Si]5(c4ccccc4)c4ccccc4)c4cc5c(sc6ccccc65)c2c43)cc1. The normalized spacial score (nSPS) is 14.5. The van der Waals surface area contributed by atoms with E-state index >= 15 is 0 Å². The van der Waals surface area contributed by atoms with E-state index in [1.54, 1.807) is 0 Å². The Kier molecular flexibility index (Phi) is 6.08. The van der Waals surface area contributed by atoms with Crippen LogP contribution in [-0.2, 0) is 0 Å². The molecule has 3 aliphatic heterocycles. The summed E-state index contributed by atoms with van der Waals surface area (Å²) in [5.41, 5.74) is 11.8. The molecule has 0 spiro atoms. The van der Waals surface area contributed by atoms with Gasteiger partial charge in [-0.1, -0.05) is 152 Å². The van der Waals surface area contributed by atoms with Gasteiger partial charge < -0.3 is 9.80 Å². The maximum Gasteiger partial charge on any atom is 0.252 e. The Labute approximate surface area is 313 Å². The maximum absolute atomic E-state index is 2.78. The predicted molar refractivity (Wildman–Crippen MR) is 231 cm³/mol. The van der Waals surface area contributed by atoms with E-state index in [1.807, 2.05) is 11.3 Å². The summed E-state index contributed by atoms with van der Waals surface area (Å²) in [5.74, 6) is 0. The van der Waals surface area contributed by atoms with Crippen LogP contribution in [0.1, 0.15) is 0 Å². The monoisotopic (exact) mass is 706 g/mol. The molecule has 0 atom stereocenters. The number of hydrogen-bond donors (Lipinski definition) is 0. The van der Waals surface area contributed by atoms with E-state index in [4.69, 9.17) is 0 Å². The molecule has 0 unspecified atom stereocenters. The molecule has 0 bridgehead atoms. The molecular weight excluding hydrogens is 676 g/mol. The Morgan fingerprint density at radius 1 is 0.434 bits per heavy atom. The van der Waals surface area contributed by atoms with Gasteiger partial charge in [-0.25, -0.2) is 0 Å². The zero-order valence-electron chi connectivity index (χ0n) is 28.8. The minimum absolute atomic E-state index is 0.0699. The molecule has 8 aromatic carbocycles. The Bertz CT molecular complexity index is 2890. The van der Waals surface area contributed by atoms with E-state index < -0.39 is 8.07 Å². The number of thiophene rings is 1.